The number of carbonyl (C=O) groups excluding carboxylic acids is 1. The van der Waals surface area contributed by atoms with E-state index in [2.05, 4.69) is 19.2 Å². The van der Waals surface area contributed by atoms with Gasteiger partial charge in [0.05, 0.1) is 6.61 Å². The maximum absolute atomic E-state index is 11.9. The van der Waals surface area contributed by atoms with E-state index in [1.807, 2.05) is 4.90 Å². The SMILES string of the molecule is CC(C)[C@@H](CO)NCCC(=O)N1CCCCC1. The molecule has 100 valence electrons. The monoisotopic (exact) mass is 242 g/mol. The van der Waals surface area contributed by atoms with Crippen LogP contribution < -0.4 is 5.32 Å². The Hall–Kier alpha value is -0.610. The first kappa shape index (κ1) is 14.5. The van der Waals surface area contributed by atoms with Crippen LogP contribution in [-0.4, -0.2) is 48.2 Å². The van der Waals surface area contributed by atoms with Crippen LogP contribution in [0.4, 0.5) is 0 Å². The summed E-state index contributed by atoms with van der Waals surface area (Å²) in [5.74, 6) is 0.641. The summed E-state index contributed by atoms with van der Waals surface area (Å²) in [4.78, 5) is 13.8. The van der Waals surface area contributed by atoms with Gasteiger partial charge in [-0.15, -0.1) is 0 Å². The lowest BCUT2D eigenvalue weighted by Crippen LogP contribution is -2.41. The number of nitrogens with zero attached hydrogens (tertiary/aromatic N) is 1. The highest BCUT2D eigenvalue weighted by atomic mass is 16.3. The maximum atomic E-state index is 11.9. The third kappa shape index (κ3) is 5.04. The molecular formula is C13H26N2O2. The lowest BCUT2D eigenvalue weighted by Gasteiger charge is -2.27. The molecule has 4 heteroatoms. The highest BCUT2D eigenvalue weighted by Crippen LogP contribution is 2.09. The number of aliphatic hydroxyl groups excluding tert-OH is 1. The summed E-state index contributed by atoms with van der Waals surface area (Å²) in [6.45, 7) is 6.79. The van der Waals surface area contributed by atoms with E-state index in [0.29, 0.717) is 18.9 Å². The van der Waals surface area contributed by atoms with Gasteiger partial charge in [0.25, 0.3) is 0 Å². The van der Waals surface area contributed by atoms with Gasteiger partial charge in [0.15, 0.2) is 0 Å². The third-order valence-corrected chi connectivity index (χ3v) is 3.46. The molecule has 0 saturated carbocycles. The number of nitrogens with one attached hydrogen (secondary N) is 1. The van der Waals surface area contributed by atoms with Gasteiger partial charge in [-0.3, -0.25) is 4.79 Å². The van der Waals surface area contributed by atoms with Gasteiger partial charge in [0, 0.05) is 32.1 Å². The molecule has 0 unspecified atom stereocenters. The Labute approximate surface area is 104 Å². The molecule has 1 amide bonds. The van der Waals surface area contributed by atoms with E-state index >= 15 is 0 Å². The van der Waals surface area contributed by atoms with Gasteiger partial charge < -0.3 is 15.3 Å². The lowest BCUT2D eigenvalue weighted by atomic mass is 10.1. The number of carbonyl (C=O) groups is 1. The maximum Gasteiger partial charge on any atom is 0.223 e. The van der Waals surface area contributed by atoms with Crippen LogP contribution in [0.1, 0.15) is 39.5 Å². The molecule has 1 heterocycles. The largest absolute Gasteiger partial charge is 0.395 e. The van der Waals surface area contributed by atoms with E-state index in [1.54, 1.807) is 0 Å². The van der Waals surface area contributed by atoms with Crippen LogP contribution in [0.3, 0.4) is 0 Å². The van der Waals surface area contributed by atoms with Gasteiger partial charge in [-0.1, -0.05) is 13.8 Å². The Bertz CT molecular complexity index is 225. The van der Waals surface area contributed by atoms with Gasteiger partial charge in [-0.05, 0) is 25.2 Å². The fraction of sp³-hybridized carbons (Fsp3) is 0.923. The van der Waals surface area contributed by atoms with Crippen LogP contribution in [0.25, 0.3) is 0 Å². The van der Waals surface area contributed by atoms with E-state index in [-0.39, 0.29) is 18.6 Å². The molecule has 1 atom stereocenters. The average Bonchev–Trinajstić information content (AvgIpc) is 2.35. The van der Waals surface area contributed by atoms with Crippen LogP contribution in [-0.2, 0) is 4.79 Å². The fourth-order valence-electron chi connectivity index (χ4n) is 2.18. The van der Waals surface area contributed by atoms with Crippen molar-refractivity contribution in [1.29, 1.82) is 0 Å². The van der Waals surface area contributed by atoms with Crippen molar-refractivity contribution in [2.75, 3.05) is 26.2 Å². The predicted molar refractivity (Wildman–Crippen MR) is 68.8 cm³/mol. The summed E-state index contributed by atoms with van der Waals surface area (Å²) in [5, 5.41) is 12.4. The molecule has 0 aromatic heterocycles. The minimum Gasteiger partial charge on any atom is -0.395 e. The molecule has 1 rings (SSSR count). The highest BCUT2D eigenvalue weighted by Gasteiger charge is 2.17. The molecule has 17 heavy (non-hydrogen) atoms. The van der Waals surface area contributed by atoms with Crippen molar-refractivity contribution in [2.24, 2.45) is 5.92 Å². The summed E-state index contributed by atoms with van der Waals surface area (Å²) in [5.41, 5.74) is 0. The third-order valence-electron chi connectivity index (χ3n) is 3.46. The summed E-state index contributed by atoms with van der Waals surface area (Å²) < 4.78 is 0. The number of piperidine rings is 1. The Kier molecular flexibility index (Phi) is 6.52. The van der Waals surface area contributed by atoms with Crippen molar-refractivity contribution >= 4 is 5.91 Å². The first-order valence-electron chi connectivity index (χ1n) is 6.77. The van der Waals surface area contributed by atoms with E-state index in [0.717, 1.165) is 25.9 Å². The molecule has 0 bridgehead atoms. The Balaban J connectivity index is 2.18. The van der Waals surface area contributed by atoms with Crippen molar-refractivity contribution in [3.8, 4) is 0 Å². The quantitative estimate of drug-likeness (QED) is 0.730. The number of hydrogen-bond donors (Lipinski definition) is 2. The number of hydrogen-bond acceptors (Lipinski definition) is 3. The number of likely N-dealkylation sites (tertiary alicyclic amines) is 1. The average molecular weight is 242 g/mol. The van der Waals surface area contributed by atoms with Gasteiger partial charge in [0.2, 0.25) is 5.91 Å². The zero-order valence-electron chi connectivity index (χ0n) is 11.1. The molecule has 1 aliphatic rings. The minimum atomic E-state index is 0.101. The van der Waals surface area contributed by atoms with Gasteiger partial charge in [0.1, 0.15) is 0 Å². The molecule has 0 aromatic rings. The zero-order valence-corrected chi connectivity index (χ0v) is 11.1. The van der Waals surface area contributed by atoms with Crippen molar-refractivity contribution in [1.82, 2.24) is 10.2 Å². The molecule has 0 radical (unpaired) electrons. The molecule has 1 aliphatic heterocycles. The zero-order chi connectivity index (χ0) is 12.7. The van der Waals surface area contributed by atoms with Crippen molar-refractivity contribution in [2.45, 2.75) is 45.6 Å². The van der Waals surface area contributed by atoms with Crippen LogP contribution >= 0.6 is 0 Å². The standard InChI is InChI=1S/C13H26N2O2/c1-11(2)12(10-16)14-7-6-13(17)15-8-4-3-5-9-15/h11-12,14,16H,3-10H2,1-2H3/t12-/m1/s1. The summed E-state index contributed by atoms with van der Waals surface area (Å²) in [6, 6.07) is 0.101. The number of aliphatic hydroxyl groups is 1. The summed E-state index contributed by atoms with van der Waals surface area (Å²) in [7, 11) is 0. The topological polar surface area (TPSA) is 52.6 Å². The van der Waals surface area contributed by atoms with Crippen LogP contribution in [0.15, 0.2) is 0 Å². The minimum absolute atomic E-state index is 0.101. The van der Waals surface area contributed by atoms with Crippen LogP contribution in [0.2, 0.25) is 0 Å². The van der Waals surface area contributed by atoms with Gasteiger partial charge in [-0.25, -0.2) is 0 Å². The molecule has 0 aliphatic carbocycles. The molecule has 4 nitrogen and oxygen atoms in total. The molecule has 1 fully saturated rings. The second-order valence-electron chi connectivity index (χ2n) is 5.18. The highest BCUT2D eigenvalue weighted by molar-refractivity contribution is 5.76. The second-order valence-corrected chi connectivity index (χ2v) is 5.18. The fourth-order valence-corrected chi connectivity index (χ4v) is 2.18. The molecular weight excluding hydrogens is 216 g/mol. The van der Waals surface area contributed by atoms with E-state index in [9.17, 15) is 4.79 Å². The Morgan fingerprint density at radius 1 is 1.29 bits per heavy atom. The second kappa shape index (κ2) is 7.67. The van der Waals surface area contributed by atoms with E-state index in [1.165, 1.54) is 6.42 Å². The number of amides is 1. The van der Waals surface area contributed by atoms with Crippen molar-refractivity contribution in [3.05, 3.63) is 0 Å². The van der Waals surface area contributed by atoms with Gasteiger partial charge in [-0.2, -0.15) is 0 Å². The smallest absolute Gasteiger partial charge is 0.223 e. The summed E-state index contributed by atoms with van der Waals surface area (Å²) >= 11 is 0. The van der Waals surface area contributed by atoms with Crippen LogP contribution in [0.5, 0.6) is 0 Å². The number of rotatable bonds is 6. The van der Waals surface area contributed by atoms with E-state index < -0.39 is 0 Å². The predicted octanol–water partition coefficient (Wildman–Crippen LogP) is 0.995. The summed E-state index contributed by atoms with van der Waals surface area (Å²) in [6.07, 6.45) is 4.08. The van der Waals surface area contributed by atoms with Crippen molar-refractivity contribution < 1.29 is 9.90 Å². The molecule has 2 N–H and O–H groups in total. The van der Waals surface area contributed by atoms with Gasteiger partial charge >= 0.3 is 0 Å². The Morgan fingerprint density at radius 3 is 2.47 bits per heavy atom. The Morgan fingerprint density at radius 2 is 1.94 bits per heavy atom. The first-order valence-corrected chi connectivity index (χ1v) is 6.77. The first-order chi connectivity index (χ1) is 8.15. The van der Waals surface area contributed by atoms with Crippen LogP contribution in [0, 0.1) is 5.92 Å². The molecule has 1 saturated heterocycles. The van der Waals surface area contributed by atoms with Crippen molar-refractivity contribution in [3.63, 3.8) is 0 Å². The molecule has 0 aromatic carbocycles. The van der Waals surface area contributed by atoms with E-state index in [4.69, 9.17) is 5.11 Å². The lowest BCUT2D eigenvalue weighted by molar-refractivity contribution is -0.132. The molecule has 0 spiro atoms. The normalized spacial score (nSPS) is 18.5.